The molecule has 0 unspecified atom stereocenters. The van der Waals surface area contributed by atoms with Gasteiger partial charge in [-0.15, -0.1) is 0 Å². The summed E-state index contributed by atoms with van der Waals surface area (Å²) < 4.78 is 5.83. The number of rotatable bonds is 6. The molecule has 3 amide bonds. The number of halogens is 1. The molecule has 0 spiro atoms. The average Bonchev–Trinajstić information content (AvgIpc) is 2.66. The molecular weight excluding hydrogens is 378 g/mol. The number of hydrogen-bond donors (Lipinski definition) is 3. The van der Waals surface area contributed by atoms with Gasteiger partial charge in [-0.1, -0.05) is 42.8 Å². The molecule has 28 heavy (non-hydrogen) atoms. The molecule has 7 heteroatoms. The van der Waals surface area contributed by atoms with Gasteiger partial charge in [-0.25, -0.2) is 4.79 Å². The molecule has 3 N–H and O–H groups in total. The SMILES string of the molecule is CCCOc1ccccc1[C@@H]1NC(=O)NC(C)=C1C(=O)Nc1cccc(Cl)c1. The van der Waals surface area contributed by atoms with Crippen molar-refractivity contribution in [3.8, 4) is 5.75 Å². The van der Waals surface area contributed by atoms with Gasteiger partial charge in [0, 0.05) is 22.0 Å². The summed E-state index contributed by atoms with van der Waals surface area (Å²) in [4.78, 5) is 25.2. The van der Waals surface area contributed by atoms with Crippen molar-refractivity contribution in [3.63, 3.8) is 0 Å². The number of carbonyl (C=O) groups excluding carboxylic acids is 2. The summed E-state index contributed by atoms with van der Waals surface area (Å²) in [6, 6.07) is 13.3. The highest BCUT2D eigenvalue weighted by molar-refractivity contribution is 6.31. The highest BCUT2D eigenvalue weighted by Gasteiger charge is 2.33. The zero-order valence-corrected chi connectivity index (χ0v) is 16.5. The van der Waals surface area contributed by atoms with Crippen LogP contribution in [0.15, 0.2) is 59.8 Å². The van der Waals surface area contributed by atoms with Gasteiger partial charge in [0.25, 0.3) is 5.91 Å². The van der Waals surface area contributed by atoms with Crippen LogP contribution in [-0.4, -0.2) is 18.5 Å². The van der Waals surface area contributed by atoms with Gasteiger partial charge in [0.15, 0.2) is 0 Å². The van der Waals surface area contributed by atoms with Gasteiger partial charge < -0.3 is 20.7 Å². The minimum absolute atomic E-state index is 0.331. The molecule has 0 saturated carbocycles. The Balaban J connectivity index is 1.96. The van der Waals surface area contributed by atoms with Crippen LogP contribution < -0.4 is 20.7 Å². The molecule has 3 rings (SSSR count). The van der Waals surface area contributed by atoms with E-state index in [0.29, 0.717) is 34.3 Å². The minimum atomic E-state index is -0.638. The minimum Gasteiger partial charge on any atom is -0.493 e. The Hall–Kier alpha value is -2.99. The van der Waals surface area contributed by atoms with Crippen molar-refractivity contribution in [1.82, 2.24) is 10.6 Å². The molecular formula is C21H22ClN3O3. The van der Waals surface area contributed by atoms with Crippen LogP contribution in [-0.2, 0) is 4.79 Å². The van der Waals surface area contributed by atoms with Crippen LogP contribution in [0.2, 0.25) is 5.02 Å². The maximum absolute atomic E-state index is 13.1. The van der Waals surface area contributed by atoms with E-state index in [9.17, 15) is 9.59 Å². The Morgan fingerprint density at radius 3 is 2.75 bits per heavy atom. The first-order chi connectivity index (χ1) is 13.5. The lowest BCUT2D eigenvalue weighted by molar-refractivity contribution is -0.113. The van der Waals surface area contributed by atoms with Crippen LogP contribution in [0.4, 0.5) is 10.5 Å². The summed E-state index contributed by atoms with van der Waals surface area (Å²) in [5, 5.41) is 8.87. The predicted octanol–water partition coefficient (Wildman–Crippen LogP) is 4.40. The van der Waals surface area contributed by atoms with E-state index >= 15 is 0 Å². The summed E-state index contributed by atoms with van der Waals surface area (Å²) >= 11 is 6.01. The second-order valence-electron chi connectivity index (χ2n) is 6.42. The lowest BCUT2D eigenvalue weighted by Crippen LogP contribution is -2.46. The number of carbonyl (C=O) groups is 2. The van der Waals surface area contributed by atoms with Crippen LogP contribution in [0.3, 0.4) is 0 Å². The number of ether oxygens (including phenoxy) is 1. The monoisotopic (exact) mass is 399 g/mol. The highest BCUT2D eigenvalue weighted by atomic mass is 35.5. The second kappa shape index (κ2) is 8.80. The first-order valence-corrected chi connectivity index (χ1v) is 9.44. The number of para-hydroxylation sites is 1. The lowest BCUT2D eigenvalue weighted by Gasteiger charge is -2.29. The summed E-state index contributed by atoms with van der Waals surface area (Å²) in [6.07, 6.45) is 0.851. The van der Waals surface area contributed by atoms with Crippen molar-refractivity contribution in [1.29, 1.82) is 0 Å². The molecule has 0 aromatic heterocycles. The van der Waals surface area contributed by atoms with Crippen molar-refractivity contribution in [3.05, 3.63) is 70.4 Å². The standard InChI is InChI=1S/C21H22ClN3O3/c1-3-11-28-17-10-5-4-9-16(17)19-18(13(2)23-21(27)25-19)20(26)24-15-8-6-7-14(22)12-15/h4-10,12,19H,3,11H2,1-2H3,(H,24,26)(H2,23,25,27)/t19-/m0/s1. The second-order valence-corrected chi connectivity index (χ2v) is 6.86. The molecule has 1 aliphatic rings. The van der Waals surface area contributed by atoms with E-state index in [1.54, 1.807) is 31.2 Å². The van der Waals surface area contributed by atoms with Gasteiger partial charge in [-0.2, -0.15) is 0 Å². The quantitative estimate of drug-likeness (QED) is 0.673. The van der Waals surface area contributed by atoms with E-state index in [0.717, 1.165) is 12.0 Å². The van der Waals surface area contributed by atoms with Crippen molar-refractivity contribution >= 4 is 29.2 Å². The van der Waals surface area contributed by atoms with Gasteiger partial charge in [0.05, 0.1) is 18.2 Å². The van der Waals surface area contributed by atoms with Crippen LogP contribution >= 0.6 is 11.6 Å². The Morgan fingerprint density at radius 2 is 2.00 bits per heavy atom. The molecule has 0 bridgehead atoms. The molecule has 1 aliphatic heterocycles. The molecule has 0 aliphatic carbocycles. The third-order valence-electron chi connectivity index (χ3n) is 4.29. The third kappa shape index (κ3) is 4.46. The van der Waals surface area contributed by atoms with E-state index in [4.69, 9.17) is 16.3 Å². The number of benzene rings is 2. The first kappa shape index (κ1) is 19.8. The van der Waals surface area contributed by atoms with Crippen LogP contribution in [0.1, 0.15) is 31.9 Å². The maximum Gasteiger partial charge on any atom is 0.319 e. The van der Waals surface area contributed by atoms with E-state index in [1.165, 1.54) is 0 Å². The fourth-order valence-corrected chi connectivity index (χ4v) is 3.25. The number of amides is 3. The van der Waals surface area contributed by atoms with Gasteiger partial charge in [-0.05, 0) is 37.6 Å². The van der Waals surface area contributed by atoms with Crippen molar-refractivity contribution in [2.75, 3.05) is 11.9 Å². The molecule has 2 aromatic carbocycles. The summed E-state index contributed by atoms with van der Waals surface area (Å²) in [5.74, 6) is 0.306. The fraction of sp³-hybridized carbons (Fsp3) is 0.238. The number of hydrogen-bond acceptors (Lipinski definition) is 3. The molecule has 1 heterocycles. The normalized spacial score (nSPS) is 16.2. The Morgan fingerprint density at radius 1 is 1.21 bits per heavy atom. The molecule has 0 fully saturated rings. The lowest BCUT2D eigenvalue weighted by atomic mass is 9.94. The fourth-order valence-electron chi connectivity index (χ4n) is 3.06. The van der Waals surface area contributed by atoms with E-state index < -0.39 is 6.04 Å². The highest BCUT2D eigenvalue weighted by Crippen LogP contribution is 2.33. The predicted molar refractivity (Wildman–Crippen MR) is 109 cm³/mol. The Kier molecular flexibility index (Phi) is 6.21. The summed E-state index contributed by atoms with van der Waals surface area (Å²) in [6.45, 7) is 4.26. The van der Waals surface area contributed by atoms with Crippen molar-refractivity contribution in [2.24, 2.45) is 0 Å². The maximum atomic E-state index is 13.1. The molecule has 1 atom stereocenters. The van der Waals surface area contributed by atoms with Gasteiger partial charge in [0.2, 0.25) is 0 Å². The van der Waals surface area contributed by atoms with E-state index in [1.807, 2.05) is 31.2 Å². The summed E-state index contributed by atoms with van der Waals surface area (Å²) in [7, 11) is 0. The van der Waals surface area contributed by atoms with E-state index in [-0.39, 0.29) is 11.9 Å². The average molecular weight is 400 g/mol. The van der Waals surface area contributed by atoms with Crippen LogP contribution in [0.5, 0.6) is 5.75 Å². The van der Waals surface area contributed by atoms with Gasteiger partial charge in [-0.3, -0.25) is 4.79 Å². The number of nitrogens with one attached hydrogen (secondary N) is 3. The zero-order chi connectivity index (χ0) is 20.1. The van der Waals surface area contributed by atoms with Gasteiger partial charge in [0.1, 0.15) is 5.75 Å². The van der Waals surface area contributed by atoms with Gasteiger partial charge >= 0.3 is 6.03 Å². The van der Waals surface area contributed by atoms with Crippen molar-refractivity contribution < 1.29 is 14.3 Å². The number of urea groups is 1. The Bertz CT molecular complexity index is 927. The topological polar surface area (TPSA) is 79.5 Å². The molecule has 0 radical (unpaired) electrons. The van der Waals surface area contributed by atoms with E-state index in [2.05, 4.69) is 16.0 Å². The Labute approximate surface area is 168 Å². The first-order valence-electron chi connectivity index (χ1n) is 9.06. The number of allylic oxidation sites excluding steroid dienone is 1. The third-order valence-corrected chi connectivity index (χ3v) is 4.52. The molecule has 2 aromatic rings. The smallest absolute Gasteiger partial charge is 0.319 e. The largest absolute Gasteiger partial charge is 0.493 e. The molecule has 146 valence electrons. The van der Waals surface area contributed by atoms with Crippen LogP contribution in [0, 0.1) is 0 Å². The van der Waals surface area contributed by atoms with Crippen molar-refractivity contribution in [2.45, 2.75) is 26.3 Å². The molecule has 0 saturated heterocycles. The zero-order valence-electron chi connectivity index (χ0n) is 15.7. The van der Waals surface area contributed by atoms with Crippen LogP contribution in [0.25, 0.3) is 0 Å². The molecule has 6 nitrogen and oxygen atoms in total. The number of anilines is 1. The summed E-state index contributed by atoms with van der Waals surface area (Å²) in [5.41, 5.74) is 2.19.